The summed E-state index contributed by atoms with van der Waals surface area (Å²) in [4.78, 5) is 0. The van der Waals surface area contributed by atoms with Crippen LogP contribution in [0.1, 0.15) is 0 Å². The second-order valence-corrected chi connectivity index (χ2v) is 4.10. The molecule has 0 saturated carbocycles. The minimum atomic E-state index is 0.761. The lowest BCUT2D eigenvalue weighted by Crippen LogP contribution is -1.83. The van der Waals surface area contributed by atoms with E-state index in [1.54, 1.807) is 0 Å². The zero-order valence-corrected chi connectivity index (χ0v) is 9.13. The van der Waals surface area contributed by atoms with Crippen LogP contribution in [-0.4, -0.2) is 10.2 Å². The smallest absolute Gasteiger partial charge is 0.129 e. The molecule has 0 unspecified atom stereocenters. The van der Waals surface area contributed by atoms with Crippen LogP contribution in [0.5, 0.6) is 0 Å². The van der Waals surface area contributed by atoms with Gasteiger partial charge < -0.3 is 0 Å². The van der Waals surface area contributed by atoms with Crippen molar-refractivity contribution in [3.63, 3.8) is 0 Å². The number of rotatable bonds is 0. The summed E-state index contributed by atoms with van der Waals surface area (Å²) in [6, 6.07) is 7.86. The second-order valence-electron chi connectivity index (χ2n) is 2.37. The lowest BCUT2D eigenvalue weighted by atomic mass is 10.2. The number of halogens is 2. The van der Waals surface area contributed by atoms with Crippen LogP contribution in [0, 0.1) is 0 Å². The van der Waals surface area contributed by atoms with Crippen LogP contribution in [0.2, 0.25) is 0 Å². The van der Waals surface area contributed by atoms with E-state index in [0.717, 1.165) is 20.0 Å². The van der Waals surface area contributed by atoms with Crippen LogP contribution in [0.3, 0.4) is 0 Å². The topological polar surface area (TPSA) is 25.8 Å². The predicted octanol–water partition coefficient (Wildman–Crippen LogP) is 3.15. The lowest BCUT2D eigenvalue weighted by molar-refractivity contribution is 1.05. The van der Waals surface area contributed by atoms with Crippen molar-refractivity contribution in [3.8, 4) is 0 Å². The Labute approximate surface area is 86.3 Å². The van der Waals surface area contributed by atoms with Gasteiger partial charge in [0.15, 0.2) is 0 Å². The van der Waals surface area contributed by atoms with E-state index < -0.39 is 0 Å². The minimum absolute atomic E-state index is 0.761. The molecule has 0 atom stereocenters. The van der Waals surface area contributed by atoms with Crippen molar-refractivity contribution < 1.29 is 0 Å². The molecule has 0 saturated heterocycles. The maximum Gasteiger partial charge on any atom is 0.129 e. The normalized spacial score (nSPS) is 10.5. The summed E-state index contributed by atoms with van der Waals surface area (Å²) in [6.45, 7) is 0. The molecule has 12 heavy (non-hydrogen) atoms. The van der Waals surface area contributed by atoms with Crippen molar-refractivity contribution in [3.05, 3.63) is 33.3 Å². The number of hydrogen-bond acceptors (Lipinski definition) is 2. The molecule has 1 heterocycles. The van der Waals surface area contributed by atoms with Crippen molar-refractivity contribution in [2.24, 2.45) is 0 Å². The Hall–Kier alpha value is -0.480. The summed E-state index contributed by atoms with van der Waals surface area (Å²) in [5.41, 5.74) is 0.896. The Morgan fingerprint density at radius 3 is 2.67 bits per heavy atom. The van der Waals surface area contributed by atoms with Gasteiger partial charge in [-0.15, -0.1) is 10.2 Å². The molecule has 0 aliphatic heterocycles. The van der Waals surface area contributed by atoms with Crippen molar-refractivity contribution in [1.82, 2.24) is 10.2 Å². The third kappa shape index (κ3) is 1.49. The van der Waals surface area contributed by atoms with E-state index in [2.05, 4.69) is 42.1 Å². The quantitative estimate of drug-likeness (QED) is 0.744. The van der Waals surface area contributed by atoms with Crippen LogP contribution in [0.25, 0.3) is 10.9 Å². The summed E-state index contributed by atoms with van der Waals surface area (Å²) >= 11 is 6.64. The molecule has 1 aromatic carbocycles. The molecule has 0 spiro atoms. The van der Waals surface area contributed by atoms with E-state index in [1.807, 2.05) is 24.3 Å². The molecule has 0 amide bonds. The highest BCUT2D eigenvalue weighted by Crippen LogP contribution is 2.19. The largest absolute Gasteiger partial charge is 0.149 e. The number of nitrogens with zero attached hydrogens (tertiary/aromatic N) is 2. The van der Waals surface area contributed by atoms with Crippen molar-refractivity contribution in [1.29, 1.82) is 0 Å². The first kappa shape index (κ1) is 8.13. The molecular formula is C8H4Br2N2. The van der Waals surface area contributed by atoms with Crippen molar-refractivity contribution in [2.75, 3.05) is 0 Å². The highest BCUT2D eigenvalue weighted by atomic mass is 79.9. The highest BCUT2D eigenvalue weighted by molar-refractivity contribution is 9.10. The average molecular weight is 288 g/mol. The predicted molar refractivity (Wildman–Crippen MR) is 54.9 cm³/mol. The van der Waals surface area contributed by atoms with Crippen LogP contribution in [0.4, 0.5) is 0 Å². The highest BCUT2D eigenvalue weighted by Gasteiger charge is 1.96. The molecule has 0 N–H and O–H groups in total. The van der Waals surface area contributed by atoms with Gasteiger partial charge in [0.25, 0.3) is 0 Å². The van der Waals surface area contributed by atoms with E-state index >= 15 is 0 Å². The van der Waals surface area contributed by atoms with E-state index in [0.29, 0.717) is 0 Å². The molecule has 0 bridgehead atoms. The van der Waals surface area contributed by atoms with E-state index in [1.165, 1.54) is 0 Å². The van der Waals surface area contributed by atoms with Crippen LogP contribution in [-0.2, 0) is 0 Å². The van der Waals surface area contributed by atoms with Crippen molar-refractivity contribution >= 4 is 42.8 Å². The summed E-state index contributed by atoms with van der Waals surface area (Å²) in [7, 11) is 0. The van der Waals surface area contributed by atoms with Gasteiger partial charge in [-0.2, -0.15) is 0 Å². The van der Waals surface area contributed by atoms with E-state index in [-0.39, 0.29) is 0 Å². The molecule has 60 valence electrons. The molecule has 2 rings (SSSR count). The van der Waals surface area contributed by atoms with Gasteiger partial charge in [0.05, 0.1) is 5.52 Å². The molecule has 2 aromatic rings. The molecule has 4 heteroatoms. The van der Waals surface area contributed by atoms with Crippen LogP contribution in [0.15, 0.2) is 33.3 Å². The van der Waals surface area contributed by atoms with Crippen LogP contribution < -0.4 is 0 Å². The Balaban J connectivity index is 2.79. The number of fused-ring (bicyclic) bond motifs is 1. The van der Waals surface area contributed by atoms with Gasteiger partial charge >= 0.3 is 0 Å². The summed E-state index contributed by atoms with van der Waals surface area (Å²) < 4.78 is 1.78. The first-order valence-electron chi connectivity index (χ1n) is 3.34. The Bertz CT molecular complexity index is 387. The SMILES string of the molecule is Brc1ccc2cc(Br)nnc2c1. The average Bonchev–Trinajstić information content (AvgIpc) is 2.05. The fourth-order valence-corrected chi connectivity index (χ4v) is 1.66. The van der Waals surface area contributed by atoms with Gasteiger partial charge in [-0.25, -0.2) is 0 Å². The first-order chi connectivity index (χ1) is 5.75. The van der Waals surface area contributed by atoms with Gasteiger partial charge in [-0.05, 0) is 34.1 Å². The molecule has 0 aliphatic carbocycles. The molecule has 0 fully saturated rings. The molecule has 0 radical (unpaired) electrons. The van der Waals surface area contributed by atoms with Gasteiger partial charge in [-0.3, -0.25) is 0 Å². The monoisotopic (exact) mass is 286 g/mol. The third-order valence-electron chi connectivity index (χ3n) is 1.52. The molecule has 0 aliphatic rings. The fourth-order valence-electron chi connectivity index (χ4n) is 0.984. The Kier molecular flexibility index (Phi) is 2.11. The summed E-state index contributed by atoms with van der Waals surface area (Å²) in [6.07, 6.45) is 0. The lowest BCUT2D eigenvalue weighted by Gasteiger charge is -1.96. The maximum atomic E-state index is 4.01. The zero-order chi connectivity index (χ0) is 8.55. The van der Waals surface area contributed by atoms with Gasteiger partial charge in [0, 0.05) is 9.86 Å². The van der Waals surface area contributed by atoms with Gasteiger partial charge in [-0.1, -0.05) is 22.0 Å². The third-order valence-corrected chi connectivity index (χ3v) is 2.40. The molecular weight excluding hydrogens is 284 g/mol. The number of aromatic nitrogens is 2. The van der Waals surface area contributed by atoms with Gasteiger partial charge in [0.2, 0.25) is 0 Å². The standard InChI is InChI=1S/C8H4Br2N2/c9-6-2-1-5-3-8(10)12-11-7(5)4-6/h1-4H. The fraction of sp³-hybridized carbons (Fsp3) is 0. The Morgan fingerprint density at radius 2 is 1.83 bits per heavy atom. The second kappa shape index (κ2) is 3.11. The van der Waals surface area contributed by atoms with E-state index in [4.69, 9.17) is 0 Å². The molecule has 1 aromatic heterocycles. The summed E-state index contributed by atoms with van der Waals surface area (Å²) in [5.74, 6) is 0. The van der Waals surface area contributed by atoms with Crippen molar-refractivity contribution in [2.45, 2.75) is 0 Å². The maximum absolute atomic E-state index is 4.01. The molecule has 2 nitrogen and oxygen atoms in total. The minimum Gasteiger partial charge on any atom is -0.149 e. The van der Waals surface area contributed by atoms with E-state index in [9.17, 15) is 0 Å². The number of benzene rings is 1. The number of hydrogen-bond donors (Lipinski definition) is 0. The first-order valence-corrected chi connectivity index (χ1v) is 4.93. The summed E-state index contributed by atoms with van der Waals surface area (Å²) in [5, 5.41) is 8.99. The zero-order valence-electron chi connectivity index (χ0n) is 5.96. The van der Waals surface area contributed by atoms with Gasteiger partial charge in [0.1, 0.15) is 4.60 Å². The Morgan fingerprint density at radius 1 is 1.00 bits per heavy atom. The van der Waals surface area contributed by atoms with Crippen LogP contribution >= 0.6 is 31.9 Å².